The molecule has 0 saturated carbocycles. The number of anilines is 3. The van der Waals surface area contributed by atoms with Crippen LogP contribution in [0.3, 0.4) is 0 Å². The first-order chi connectivity index (χ1) is 48.6. The number of aromatic nitrogens is 12. The fourth-order valence-electron chi connectivity index (χ4n) is 10.7. The van der Waals surface area contributed by atoms with Gasteiger partial charge in [-0.05, 0) is 146 Å². The molecule has 546 valence electrons. The lowest BCUT2D eigenvalue weighted by Gasteiger charge is -2.28. The molecule has 9 N–H and O–H groups in total. The van der Waals surface area contributed by atoms with Gasteiger partial charge in [-0.15, -0.1) is 0 Å². The molecule has 3 aliphatic rings. The van der Waals surface area contributed by atoms with E-state index in [9.17, 15) is 21.6 Å². The van der Waals surface area contributed by atoms with Gasteiger partial charge < -0.3 is 46.5 Å². The van der Waals surface area contributed by atoms with Gasteiger partial charge >= 0.3 is 0 Å². The third-order valence-electron chi connectivity index (χ3n) is 16.0. The third-order valence-corrected chi connectivity index (χ3v) is 18.8. The van der Waals surface area contributed by atoms with Gasteiger partial charge in [0.1, 0.15) is 35.8 Å². The number of H-pyrrole nitrogens is 1. The smallest absolute Gasteiger partial charge is 0.264 e. The number of halogens is 10. The molecule has 12 rings (SSSR count). The number of rotatable bonds is 17. The van der Waals surface area contributed by atoms with Gasteiger partial charge in [-0.25, -0.2) is 43.1 Å². The van der Waals surface area contributed by atoms with E-state index in [-0.39, 0.29) is 61.3 Å². The van der Waals surface area contributed by atoms with E-state index in [4.69, 9.17) is 111 Å². The van der Waals surface area contributed by atoms with Crippen LogP contribution in [-0.4, -0.2) is 144 Å². The molecule has 3 aromatic carbocycles. The Morgan fingerprint density at radius 2 is 0.941 bits per heavy atom. The molecular weight excluding hydrogens is 1500 g/mol. The van der Waals surface area contributed by atoms with Crippen molar-refractivity contribution in [3.05, 3.63) is 156 Å². The van der Waals surface area contributed by atoms with E-state index in [1.165, 1.54) is 42.6 Å². The molecule has 0 radical (unpaired) electrons. The number of ether oxygens (including phenoxy) is 3. The van der Waals surface area contributed by atoms with E-state index in [2.05, 4.69) is 99.3 Å². The van der Waals surface area contributed by atoms with Gasteiger partial charge in [-0.2, -0.15) is 29.2 Å². The number of hydrogen-bond acceptors (Lipinski definition) is 23. The van der Waals surface area contributed by atoms with E-state index in [0.29, 0.717) is 55.9 Å². The minimum absolute atomic E-state index is 0.0950. The van der Waals surface area contributed by atoms with Gasteiger partial charge in [-0.1, -0.05) is 74.2 Å². The van der Waals surface area contributed by atoms with Crippen LogP contribution in [0.5, 0.6) is 17.6 Å². The van der Waals surface area contributed by atoms with Gasteiger partial charge in [0.05, 0.1) is 106 Å². The molecule has 28 nitrogen and oxygen atoms in total. The maximum absolute atomic E-state index is 13.9. The number of piperidine rings is 3. The molecule has 102 heavy (non-hydrogen) atoms. The van der Waals surface area contributed by atoms with E-state index in [1.54, 1.807) is 58.0 Å². The van der Waals surface area contributed by atoms with Crippen molar-refractivity contribution in [1.29, 1.82) is 5.53 Å². The van der Waals surface area contributed by atoms with Crippen LogP contribution in [0, 0.1) is 23.0 Å². The summed E-state index contributed by atoms with van der Waals surface area (Å²) in [5.41, 5.74) is 28.6. The van der Waals surface area contributed by atoms with E-state index in [1.807, 2.05) is 28.8 Å². The van der Waals surface area contributed by atoms with Crippen LogP contribution in [0.2, 0.25) is 30.1 Å². The van der Waals surface area contributed by atoms with Crippen molar-refractivity contribution < 1.29 is 40.0 Å². The van der Waals surface area contributed by atoms with Crippen LogP contribution in [0.1, 0.15) is 106 Å². The molecule has 9 aromatic rings. The molecule has 0 spiro atoms. The zero-order valence-electron chi connectivity index (χ0n) is 55.6. The summed E-state index contributed by atoms with van der Waals surface area (Å²) in [5, 5.41) is 24.5. The van der Waals surface area contributed by atoms with Gasteiger partial charge in [0.15, 0.2) is 17.5 Å². The lowest BCUT2D eigenvalue weighted by Crippen LogP contribution is -2.35. The second kappa shape index (κ2) is 37.5. The molecular formula is C63H72Cl7F3N22O6S. The van der Waals surface area contributed by atoms with Crippen molar-refractivity contribution in [1.82, 2.24) is 74.8 Å². The van der Waals surface area contributed by atoms with Gasteiger partial charge in [0, 0.05) is 80.1 Å². The molecule has 0 unspecified atom stereocenters. The van der Waals surface area contributed by atoms with Crippen LogP contribution in [0.25, 0.3) is 33.8 Å². The van der Waals surface area contributed by atoms with Crippen molar-refractivity contribution in [2.75, 3.05) is 76.8 Å². The topological polar surface area (TPSA) is 370 Å². The molecule has 0 amide bonds. The molecule has 39 heteroatoms. The molecule has 3 atom stereocenters. The van der Waals surface area contributed by atoms with Crippen LogP contribution >= 0.6 is 81.4 Å². The first kappa shape index (κ1) is 79.8. The van der Waals surface area contributed by atoms with E-state index < -0.39 is 45.9 Å². The lowest BCUT2D eigenvalue weighted by molar-refractivity contribution is 0.121. The van der Waals surface area contributed by atoms with Crippen molar-refractivity contribution in [3.8, 4) is 51.4 Å². The summed E-state index contributed by atoms with van der Waals surface area (Å²) in [4.78, 5) is 30.2. The highest BCUT2D eigenvalue weighted by atomic mass is 35.5. The Hall–Kier alpha value is -7.86. The Morgan fingerprint density at radius 1 is 0.569 bits per heavy atom. The van der Waals surface area contributed by atoms with E-state index in [0.717, 1.165) is 101 Å². The quantitative estimate of drug-likeness (QED) is 0.0213. The number of hydrogen-bond donors (Lipinski definition) is 6. The number of aromatic amines is 1. The highest BCUT2D eigenvalue weighted by Crippen LogP contribution is 2.40. The summed E-state index contributed by atoms with van der Waals surface area (Å²) in [6, 6.07) is 8.59. The number of nitrogen functional groups attached to an aromatic ring is 3. The number of nitrogens with zero attached hydrogens (tertiary/aromatic N) is 16. The predicted octanol–water partition coefficient (Wildman–Crippen LogP) is 14.8. The average Bonchev–Trinajstić information content (AvgIpc) is 1.17. The summed E-state index contributed by atoms with van der Waals surface area (Å²) >= 11 is 41.2. The summed E-state index contributed by atoms with van der Waals surface area (Å²) in [7, 11) is 0.891. The van der Waals surface area contributed by atoms with E-state index >= 15 is 0 Å². The standard InChI is InChI=1S/C21H23Cl2FN6O.C20H21Cl2FN6O.C15H12Cl2FN5O.C7H15NO3S.ClHN4/c1-12(18-15(22)3-4-16(24)19(18)23)31-21-20(25)26-10-17(28-21)13-9-27-30(11-13)14-5-7-29(2)8-6-14;1-11(17-14(21)2-3-15(23)18(17)22)30-20-19(24)26-9-16(28-20)12-8-27-29(10-12)13-4-6-25-7-5-13;1-7(12-9(16)2-3-10(18)13(12)17)24-15-14(19)20-6-11(23-15)8-4-21-22-5-8;1-8-5-3-7(4-6-8)11-12(2,9)10;1-3-5-4-2/h3-4,9-12,14H,5-8H2,1-2H3,(H2,25,26);2-3,8-11,13,25H,4-7H2,1H3,(H2,24,26);2-7H,1H3,(H2,19,20)(H,21,22);7H,3-6H2,1-2H3;2H/t12-;11-;7-;;/m111../s1. The van der Waals surface area contributed by atoms with Crippen LogP contribution in [-0.2, 0) is 14.3 Å². The molecule has 3 fully saturated rings. The number of nitrogens with one attached hydrogen (secondary N) is 3. The molecule has 0 bridgehead atoms. The summed E-state index contributed by atoms with van der Waals surface area (Å²) in [6.45, 7) is 10.9. The molecule has 0 aliphatic carbocycles. The van der Waals surface area contributed by atoms with Gasteiger partial charge in [0.2, 0.25) is 0 Å². The van der Waals surface area contributed by atoms with Gasteiger partial charge in [-0.3, -0.25) is 18.6 Å². The van der Waals surface area contributed by atoms with Crippen molar-refractivity contribution in [3.63, 3.8) is 0 Å². The first-order valence-corrected chi connectivity index (χ1v) is 35.7. The fourth-order valence-corrected chi connectivity index (χ4v) is 13.4. The minimum Gasteiger partial charge on any atom is -0.467 e. The first-order valence-electron chi connectivity index (χ1n) is 31.3. The molecule has 3 aliphatic heterocycles. The second-order valence-corrected chi connectivity index (χ2v) is 27.5. The zero-order valence-corrected chi connectivity index (χ0v) is 61.7. The number of nitrogens with two attached hydrogens (primary N) is 3. The predicted molar refractivity (Wildman–Crippen MR) is 385 cm³/mol. The normalized spacial score (nSPS) is 15.6. The highest BCUT2D eigenvalue weighted by Gasteiger charge is 2.27. The summed E-state index contributed by atoms with van der Waals surface area (Å²) < 4.78 is 91.8. The lowest BCUT2D eigenvalue weighted by atomic mass is 10.1. The number of likely N-dealkylation sites (tertiary alicyclic amines) is 2. The van der Waals surface area contributed by atoms with Crippen molar-refractivity contribution >= 4 is 109 Å². The molecule has 9 heterocycles. The minimum atomic E-state index is -3.26. The third kappa shape index (κ3) is 22.1. The zero-order chi connectivity index (χ0) is 73.9. The van der Waals surface area contributed by atoms with Crippen LogP contribution < -0.4 is 36.7 Å². The Kier molecular flexibility index (Phi) is 29.4. The van der Waals surface area contributed by atoms with Crippen molar-refractivity contribution in [2.24, 2.45) is 15.1 Å². The average molecular weight is 1570 g/mol. The highest BCUT2D eigenvalue weighted by molar-refractivity contribution is 7.86. The Morgan fingerprint density at radius 3 is 1.28 bits per heavy atom. The van der Waals surface area contributed by atoms with Crippen LogP contribution in [0.15, 0.2) is 107 Å². The van der Waals surface area contributed by atoms with Crippen LogP contribution in [0.4, 0.5) is 30.6 Å². The largest absolute Gasteiger partial charge is 0.467 e. The molecule has 3 saturated heterocycles. The maximum Gasteiger partial charge on any atom is 0.264 e. The Labute approximate surface area is 620 Å². The van der Waals surface area contributed by atoms with Crippen molar-refractivity contribution in [2.45, 2.75) is 95.8 Å². The molecule has 6 aromatic heterocycles. The monoisotopic (exact) mass is 1570 g/mol. The summed E-state index contributed by atoms with van der Waals surface area (Å²) in [5.74, 6) is -1.09. The van der Waals surface area contributed by atoms with Gasteiger partial charge in [0.25, 0.3) is 27.8 Å². The summed E-state index contributed by atoms with van der Waals surface area (Å²) in [6.07, 6.45) is 20.0. The number of benzene rings is 3. The maximum atomic E-state index is 13.9. The Bertz CT molecular complexity index is 4420. The fraction of sp³-hybridized carbons (Fsp3) is 0.381. The SMILES string of the molecule is CN1CCC(OS(C)(=O)=O)CC1.C[C@@H](Oc1nc(-c2cn[nH]c2)cnc1N)c1c(Cl)ccc(F)c1Cl.C[C@@H](Oc1nc(-c2cnn(C3CCN(C)CC3)c2)cnc1N)c1c(Cl)ccc(F)c1Cl.C[C@@H](Oc1nc(-c2cnn(C3CCNCC3)c2)cnc1N)c1c(Cl)ccc(F)c1Cl.N=NN=NCl. The second-order valence-electron chi connectivity index (χ2n) is 23.4. The Balaban J connectivity index is 0.000000175.